The molecule has 1 atom stereocenters. The monoisotopic (exact) mass is 381 g/mol. The van der Waals surface area contributed by atoms with Crippen molar-refractivity contribution >= 4 is 40.1 Å². The predicted octanol–water partition coefficient (Wildman–Crippen LogP) is 4.15. The number of thioether (sulfide) groups is 1. The second kappa shape index (κ2) is 8.39. The van der Waals surface area contributed by atoms with Crippen molar-refractivity contribution in [3.05, 3.63) is 59.7 Å². The molecular formula is C21H23N3O2S. The summed E-state index contributed by atoms with van der Waals surface area (Å²) in [6.45, 7) is 4.07. The van der Waals surface area contributed by atoms with Gasteiger partial charge in [0.1, 0.15) is 5.25 Å². The van der Waals surface area contributed by atoms with Crippen LogP contribution in [-0.4, -0.2) is 34.2 Å². The molecule has 27 heavy (non-hydrogen) atoms. The lowest BCUT2D eigenvalue weighted by Crippen LogP contribution is -2.30. The summed E-state index contributed by atoms with van der Waals surface area (Å²) < 4.78 is 0. The third-order valence-corrected chi connectivity index (χ3v) is 5.72. The van der Waals surface area contributed by atoms with Crippen LogP contribution in [0.5, 0.6) is 0 Å². The normalized spacial score (nSPS) is 18.2. The molecule has 2 amide bonds. The maximum Gasteiger partial charge on any atom is 0.242 e. The highest BCUT2D eigenvalue weighted by atomic mass is 32.2. The average Bonchev–Trinajstić information content (AvgIpc) is 2.92. The predicted molar refractivity (Wildman–Crippen MR) is 111 cm³/mol. The third kappa shape index (κ3) is 4.57. The molecule has 1 fully saturated rings. The van der Waals surface area contributed by atoms with Crippen molar-refractivity contribution in [1.29, 1.82) is 0 Å². The molecule has 6 heteroatoms. The largest absolute Gasteiger partial charge is 0.326 e. The van der Waals surface area contributed by atoms with Gasteiger partial charge < -0.3 is 5.32 Å². The molecule has 3 rings (SSSR count). The Bertz CT molecular complexity index is 877. The minimum Gasteiger partial charge on any atom is -0.326 e. The van der Waals surface area contributed by atoms with Crippen LogP contribution in [0.25, 0.3) is 0 Å². The second-order valence-electron chi connectivity index (χ2n) is 6.49. The van der Waals surface area contributed by atoms with Gasteiger partial charge in [0.25, 0.3) is 0 Å². The number of amides is 2. The Balaban J connectivity index is 1.66. The quantitative estimate of drug-likeness (QED) is 0.846. The molecule has 1 heterocycles. The number of rotatable bonds is 5. The fourth-order valence-electron chi connectivity index (χ4n) is 2.79. The number of benzene rings is 2. The van der Waals surface area contributed by atoms with Crippen LogP contribution in [0.4, 0.5) is 11.4 Å². The molecule has 0 bridgehead atoms. The molecule has 0 saturated carbocycles. The summed E-state index contributed by atoms with van der Waals surface area (Å²) in [4.78, 5) is 31.0. The van der Waals surface area contributed by atoms with Crippen molar-refractivity contribution in [3.63, 3.8) is 0 Å². The van der Waals surface area contributed by atoms with Crippen LogP contribution in [0, 0.1) is 6.92 Å². The van der Waals surface area contributed by atoms with Gasteiger partial charge in [-0.3, -0.25) is 14.5 Å². The molecule has 1 aliphatic heterocycles. The summed E-state index contributed by atoms with van der Waals surface area (Å²) in [6, 6.07) is 15.5. The first-order valence-electron chi connectivity index (χ1n) is 8.95. The van der Waals surface area contributed by atoms with E-state index in [-0.39, 0.29) is 18.2 Å². The molecule has 1 aliphatic rings. The van der Waals surface area contributed by atoms with Gasteiger partial charge in [-0.2, -0.15) is 0 Å². The number of hydrogen-bond acceptors (Lipinski definition) is 4. The van der Waals surface area contributed by atoms with Crippen LogP contribution in [-0.2, 0) is 16.0 Å². The van der Waals surface area contributed by atoms with Crippen molar-refractivity contribution in [3.8, 4) is 0 Å². The number of aliphatic imine (C=N–C) groups is 1. The summed E-state index contributed by atoms with van der Waals surface area (Å²) >= 11 is 1.34. The summed E-state index contributed by atoms with van der Waals surface area (Å²) in [6.07, 6.45) is 1.08. The Kier molecular flexibility index (Phi) is 5.96. The van der Waals surface area contributed by atoms with E-state index in [1.54, 1.807) is 7.05 Å². The van der Waals surface area contributed by atoms with Gasteiger partial charge in [0.15, 0.2) is 5.17 Å². The van der Waals surface area contributed by atoms with E-state index in [2.05, 4.69) is 17.2 Å². The molecule has 140 valence electrons. The molecule has 0 aromatic heterocycles. The zero-order chi connectivity index (χ0) is 19.4. The van der Waals surface area contributed by atoms with Crippen molar-refractivity contribution in [1.82, 2.24) is 4.90 Å². The number of carbonyl (C=O) groups is 2. The van der Waals surface area contributed by atoms with Crippen LogP contribution >= 0.6 is 11.8 Å². The van der Waals surface area contributed by atoms with Gasteiger partial charge in [-0.1, -0.05) is 49.0 Å². The second-order valence-corrected chi connectivity index (χ2v) is 7.66. The zero-order valence-electron chi connectivity index (χ0n) is 15.7. The Morgan fingerprint density at radius 1 is 1.19 bits per heavy atom. The third-order valence-electron chi connectivity index (χ3n) is 4.49. The van der Waals surface area contributed by atoms with E-state index in [0.29, 0.717) is 5.17 Å². The maximum atomic E-state index is 12.5. The highest BCUT2D eigenvalue weighted by Crippen LogP contribution is 2.31. The number of anilines is 1. The van der Waals surface area contributed by atoms with E-state index in [9.17, 15) is 9.59 Å². The average molecular weight is 382 g/mol. The first kappa shape index (κ1) is 19.2. The Labute approximate surface area is 163 Å². The van der Waals surface area contributed by atoms with E-state index in [0.717, 1.165) is 23.4 Å². The number of para-hydroxylation sites is 1. The first-order chi connectivity index (χ1) is 13.0. The van der Waals surface area contributed by atoms with Gasteiger partial charge in [-0.25, -0.2) is 4.99 Å². The molecular weight excluding hydrogens is 358 g/mol. The van der Waals surface area contributed by atoms with Crippen molar-refractivity contribution < 1.29 is 9.59 Å². The van der Waals surface area contributed by atoms with Gasteiger partial charge in [0.2, 0.25) is 11.8 Å². The molecule has 1 saturated heterocycles. The molecule has 5 nitrogen and oxygen atoms in total. The standard InChI is InChI=1S/C21H23N3O2S/c1-4-15-9-11-16(12-10-15)22-19(25)13-18-20(26)24(3)21(27-18)23-17-8-6-5-7-14(17)2/h5-12,18H,4,13H2,1-3H3,(H,22,25)/t18-/m0/s1. The minimum absolute atomic E-state index is 0.0937. The fourth-order valence-corrected chi connectivity index (χ4v) is 3.94. The Morgan fingerprint density at radius 3 is 2.56 bits per heavy atom. The molecule has 2 aromatic rings. The van der Waals surface area contributed by atoms with E-state index in [1.807, 2.05) is 55.5 Å². The molecule has 0 spiro atoms. The number of nitrogens with one attached hydrogen (secondary N) is 1. The van der Waals surface area contributed by atoms with Crippen molar-refractivity contribution in [2.45, 2.75) is 31.9 Å². The van der Waals surface area contributed by atoms with E-state index >= 15 is 0 Å². The van der Waals surface area contributed by atoms with E-state index in [1.165, 1.54) is 22.2 Å². The lowest BCUT2D eigenvalue weighted by molar-refractivity contribution is -0.127. The summed E-state index contributed by atoms with van der Waals surface area (Å²) in [5.41, 5.74) is 3.84. The SMILES string of the molecule is CCc1ccc(NC(=O)C[C@@H]2SC(=Nc3ccccc3C)N(C)C2=O)cc1. The van der Waals surface area contributed by atoms with Gasteiger partial charge >= 0.3 is 0 Å². The van der Waals surface area contributed by atoms with Crippen molar-refractivity contribution in [2.75, 3.05) is 12.4 Å². The van der Waals surface area contributed by atoms with Gasteiger partial charge in [0.05, 0.1) is 5.69 Å². The molecule has 1 N–H and O–H groups in total. The Morgan fingerprint density at radius 2 is 1.89 bits per heavy atom. The lowest BCUT2D eigenvalue weighted by Gasteiger charge is -2.10. The highest BCUT2D eigenvalue weighted by Gasteiger charge is 2.37. The van der Waals surface area contributed by atoms with Gasteiger partial charge in [-0.05, 0) is 42.7 Å². The minimum atomic E-state index is -0.451. The lowest BCUT2D eigenvalue weighted by atomic mass is 10.1. The van der Waals surface area contributed by atoms with E-state index in [4.69, 9.17) is 0 Å². The molecule has 2 aromatic carbocycles. The van der Waals surface area contributed by atoms with Crippen LogP contribution in [0.15, 0.2) is 53.5 Å². The summed E-state index contributed by atoms with van der Waals surface area (Å²) in [5.74, 6) is -0.264. The fraction of sp³-hybridized carbons (Fsp3) is 0.286. The number of carbonyl (C=O) groups excluding carboxylic acids is 2. The molecule has 0 radical (unpaired) electrons. The Hall–Kier alpha value is -2.60. The van der Waals surface area contributed by atoms with Crippen LogP contribution in [0.2, 0.25) is 0 Å². The number of aryl methyl sites for hydroxylation is 2. The topological polar surface area (TPSA) is 61.8 Å². The highest BCUT2D eigenvalue weighted by molar-refractivity contribution is 8.15. The van der Waals surface area contributed by atoms with E-state index < -0.39 is 5.25 Å². The zero-order valence-corrected chi connectivity index (χ0v) is 16.5. The summed E-state index contributed by atoms with van der Waals surface area (Å²) in [7, 11) is 1.70. The molecule has 0 aliphatic carbocycles. The smallest absolute Gasteiger partial charge is 0.242 e. The van der Waals surface area contributed by atoms with Gasteiger partial charge in [-0.15, -0.1) is 0 Å². The number of hydrogen-bond donors (Lipinski definition) is 1. The van der Waals surface area contributed by atoms with Crippen molar-refractivity contribution in [2.24, 2.45) is 4.99 Å². The first-order valence-corrected chi connectivity index (χ1v) is 9.83. The maximum absolute atomic E-state index is 12.5. The number of nitrogens with zero attached hydrogens (tertiary/aromatic N) is 2. The van der Waals surface area contributed by atoms with Crippen LogP contribution < -0.4 is 5.32 Å². The van der Waals surface area contributed by atoms with Crippen LogP contribution in [0.1, 0.15) is 24.5 Å². The van der Waals surface area contributed by atoms with Crippen LogP contribution in [0.3, 0.4) is 0 Å². The van der Waals surface area contributed by atoms with Gasteiger partial charge in [0, 0.05) is 19.2 Å². The molecule has 0 unspecified atom stereocenters. The summed E-state index contributed by atoms with van der Waals surface area (Å²) in [5, 5.41) is 3.04. The number of amidine groups is 1.